The van der Waals surface area contributed by atoms with Gasteiger partial charge in [0.05, 0.1) is 37.6 Å². The van der Waals surface area contributed by atoms with Gasteiger partial charge in [0.25, 0.3) is 0 Å². The van der Waals surface area contributed by atoms with E-state index in [1.165, 1.54) is 36.4 Å². The van der Waals surface area contributed by atoms with Crippen LogP contribution in [0.1, 0.15) is 73.1 Å². The highest BCUT2D eigenvalue weighted by molar-refractivity contribution is 5.92. The molecular formula is C38H41FO10. The Balaban J connectivity index is 1.37. The quantitative estimate of drug-likeness (QED) is 0.0511. The van der Waals surface area contributed by atoms with Gasteiger partial charge in [-0.05, 0) is 113 Å². The first-order valence-corrected chi connectivity index (χ1v) is 15.9. The highest BCUT2D eigenvalue weighted by Gasteiger charge is 2.15. The van der Waals surface area contributed by atoms with E-state index in [-0.39, 0.29) is 22.6 Å². The maximum Gasteiger partial charge on any atom is 0.343 e. The Morgan fingerprint density at radius 2 is 0.959 bits per heavy atom. The van der Waals surface area contributed by atoms with E-state index in [4.69, 9.17) is 28.4 Å². The third kappa shape index (κ3) is 13.7. The average Bonchev–Trinajstić information content (AvgIpc) is 3.08. The van der Waals surface area contributed by atoms with Crippen LogP contribution in [-0.2, 0) is 19.1 Å². The topological polar surface area (TPSA) is 124 Å². The van der Waals surface area contributed by atoms with E-state index in [1.54, 1.807) is 38.1 Å². The van der Waals surface area contributed by atoms with Gasteiger partial charge in [0.2, 0.25) is 0 Å². The zero-order valence-corrected chi connectivity index (χ0v) is 27.8. The molecule has 0 aliphatic rings. The van der Waals surface area contributed by atoms with Crippen molar-refractivity contribution >= 4 is 23.9 Å². The Bertz CT molecular complexity index is 1600. The van der Waals surface area contributed by atoms with Crippen molar-refractivity contribution in [2.24, 2.45) is 0 Å². The van der Waals surface area contributed by atoms with Crippen LogP contribution in [0.5, 0.6) is 23.0 Å². The van der Waals surface area contributed by atoms with Gasteiger partial charge in [0, 0.05) is 17.2 Å². The molecule has 3 aromatic carbocycles. The second-order valence-corrected chi connectivity index (χ2v) is 11.1. The summed E-state index contributed by atoms with van der Waals surface area (Å²) >= 11 is 0. The number of unbranched alkanes of at least 4 members (excludes halogenated alkanes) is 4. The Morgan fingerprint density at radius 3 is 1.39 bits per heavy atom. The van der Waals surface area contributed by atoms with Crippen LogP contribution in [0.4, 0.5) is 4.39 Å². The van der Waals surface area contributed by atoms with Crippen molar-refractivity contribution in [3.63, 3.8) is 0 Å². The van der Waals surface area contributed by atoms with E-state index >= 15 is 0 Å². The monoisotopic (exact) mass is 676 g/mol. The second kappa shape index (κ2) is 20.0. The predicted molar refractivity (Wildman–Crippen MR) is 179 cm³/mol. The number of esters is 4. The van der Waals surface area contributed by atoms with Crippen LogP contribution in [0.2, 0.25) is 0 Å². The first-order chi connectivity index (χ1) is 23.5. The molecule has 0 aliphatic heterocycles. The number of hydrogen-bond donors (Lipinski definition) is 0. The third-order valence-electron chi connectivity index (χ3n) is 6.77. The van der Waals surface area contributed by atoms with E-state index in [1.807, 2.05) is 0 Å². The van der Waals surface area contributed by atoms with E-state index in [0.717, 1.165) is 31.7 Å². The van der Waals surface area contributed by atoms with Crippen molar-refractivity contribution < 1.29 is 52.0 Å². The van der Waals surface area contributed by atoms with E-state index in [2.05, 4.69) is 13.2 Å². The molecule has 3 rings (SSSR count). The van der Waals surface area contributed by atoms with Gasteiger partial charge in [-0.25, -0.2) is 23.6 Å². The van der Waals surface area contributed by atoms with Crippen molar-refractivity contribution in [1.29, 1.82) is 0 Å². The highest BCUT2D eigenvalue weighted by atomic mass is 19.1. The number of ether oxygens (including phenoxy) is 6. The second-order valence-electron chi connectivity index (χ2n) is 11.1. The molecular weight excluding hydrogens is 635 g/mol. The summed E-state index contributed by atoms with van der Waals surface area (Å²) in [6, 6.07) is 16.0. The molecule has 49 heavy (non-hydrogen) atoms. The smallest absolute Gasteiger partial charge is 0.343 e. The Kier molecular flexibility index (Phi) is 15.5. The molecule has 0 amide bonds. The minimum atomic E-state index is -0.884. The summed E-state index contributed by atoms with van der Waals surface area (Å²) in [5.74, 6) is -2.42. The lowest BCUT2D eigenvalue weighted by Gasteiger charge is -2.10. The molecule has 11 heteroatoms. The molecule has 0 heterocycles. The molecule has 0 N–H and O–H groups in total. The van der Waals surface area contributed by atoms with Gasteiger partial charge in [0.15, 0.2) is 11.6 Å². The van der Waals surface area contributed by atoms with Gasteiger partial charge in [0.1, 0.15) is 17.2 Å². The summed E-state index contributed by atoms with van der Waals surface area (Å²) in [5.41, 5.74) is 1.16. The lowest BCUT2D eigenvalue weighted by Crippen LogP contribution is -2.11. The summed E-state index contributed by atoms with van der Waals surface area (Å²) in [6.45, 7) is 11.8. The summed E-state index contributed by atoms with van der Waals surface area (Å²) < 4.78 is 46.7. The van der Waals surface area contributed by atoms with Crippen LogP contribution in [-0.4, -0.2) is 50.3 Å². The van der Waals surface area contributed by atoms with Gasteiger partial charge in [-0.3, -0.25) is 0 Å². The van der Waals surface area contributed by atoms with E-state index < -0.39 is 29.7 Å². The largest absolute Gasteiger partial charge is 0.494 e. The molecule has 3 aromatic rings. The Morgan fingerprint density at radius 1 is 0.551 bits per heavy atom. The number of halogens is 1. The zero-order chi connectivity index (χ0) is 35.6. The number of benzene rings is 3. The third-order valence-corrected chi connectivity index (χ3v) is 6.77. The van der Waals surface area contributed by atoms with Gasteiger partial charge in [-0.1, -0.05) is 13.2 Å². The number of carbonyl (C=O) groups excluding carboxylic acids is 4. The summed E-state index contributed by atoms with van der Waals surface area (Å²) in [5, 5.41) is 0. The van der Waals surface area contributed by atoms with Gasteiger partial charge in [-0.2, -0.15) is 0 Å². The molecule has 0 radical (unpaired) electrons. The maximum absolute atomic E-state index is 14.7. The SMILES string of the molecule is C=C(C)C(=O)OCCCCCOc1ccc(C(=O)Oc2ccc(OC(=O)c3ccc(OCCCCCOC(=O)C(=C)C)cc3)c(F)c2)cc1. The van der Waals surface area contributed by atoms with Crippen LogP contribution < -0.4 is 18.9 Å². The number of hydrogen-bond acceptors (Lipinski definition) is 10. The number of rotatable bonds is 20. The number of carbonyl (C=O) groups is 4. The maximum atomic E-state index is 14.7. The molecule has 10 nitrogen and oxygen atoms in total. The molecule has 0 unspecified atom stereocenters. The fourth-order valence-electron chi connectivity index (χ4n) is 4.05. The predicted octanol–water partition coefficient (Wildman–Crippen LogP) is 7.60. The van der Waals surface area contributed by atoms with E-state index in [9.17, 15) is 23.6 Å². The van der Waals surface area contributed by atoms with Crippen LogP contribution in [0.15, 0.2) is 91.0 Å². The van der Waals surface area contributed by atoms with Crippen molar-refractivity contribution in [2.75, 3.05) is 26.4 Å². The highest BCUT2D eigenvalue weighted by Crippen LogP contribution is 2.25. The summed E-state index contributed by atoms with van der Waals surface area (Å²) in [7, 11) is 0. The molecule has 260 valence electrons. The van der Waals surface area contributed by atoms with Crippen LogP contribution in [0.3, 0.4) is 0 Å². The van der Waals surface area contributed by atoms with Crippen LogP contribution in [0, 0.1) is 5.82 Å². The zero-order valence-electron chi connectivity index (χ0n) is 27.8. The normalized spacial score (nSPS) is 10.4. The molecule has 0 aromatic heterocycles. The standard InChI is InChI=1S/C38H41FO10/c1-26(2)35(40)46-23-9-5-7-21-44-30-15-11-28(12-16-30)37(42)48-32-19-20-34(33(39)25-32)49-38(43)29-13-17-31(18-14-29)45-22-8-6-10-24-47-36(41)27(3)4/h11-20,25H,1,3,5-10,21-24H2,2,4H3. The van der Waals surface area contributed by atoms with E-state index in [0.29, 0.717) is 61.9 Å². The Labute approximate surface area is 285 Å². The van der Waals surface area contributed by atoms with Gasteiger partial charge in [-0.15, -0.1) is 0 Å². The molecule has 0 atom stereocenters. The molecule has 0 saturated heterocycles. The van der Waals surface area contributed by atoms with Crippen molar-refractivity contribution in [3.8, 4) is 23.0 Å². The lowest BCUT2D eigenvalue weighted by atomic mass is 10.2. The first-order valence-electron chi connectivity index (χ1n) is 15.9. The lowest BCUT2D eigenvalue weighted by molar-refractivity contribution is -0.139. The van der Waals surface area contributed by atoms with Crippen LogP contribution in [0.25, 0.3) is 0 Å². The fraction of sp³-hybridized carbons (Fsp3) is 0.316. The summed E-state index contributed by atoms with van der Waals surface area (Å²) in [4.78, 5) is 47.9. The van der Waals surface area contributed by atoms with Crippen molar-refractivity contribution in [3.05, 3.63) is 108 Å². The molecule has 0 fully saturated rings. The minimum Gasteiger partial charge on any atom is -0.494 e. The van der Waals surface area contributed by atoms with Gasteiger partial charge < -0.3 is 28.4 Å². The fourth-order valence-corrected chi connectivity index (χ4v) is 4.05. The van der Waals surface area contributed by atoms with Gasteiger partial charge >= 0.3 is 23.9 Å². The molecule has 0 bridgehead atoms. The van der Waals surface area contributed by atoms with Crippen molar-refractivity contribution in [1.82, 2.24) is 0 Å². The minimum absolute atomic E-state index is 0.0640. The average molecular weight is 677 g/mol. The Hall–Kier alpha value is -5.45. The molecule has 0 aliphatic carbocycles. The van der Waals surface area contributed by atoms with Crippen molar-refractivity contribution in [2.45, 2.75) is 52.4 Å². The summed E-state index contributed by atoms with van der Waals surface area (Å²) in [6.07, 6.45) is 4.55. The molecule has 0 saturated carbocycles. The molecule has 0 spiro atoms. The first kappa shape index (κ1) is 38.0. The van der Waals surface area contributed by atoms with Crippen LogP contribution >= 0.6 is 0 Å².